The molecule has 2 aromatic rings. The van der Waals surface area contributed by atoms with Gasteiger partial charge in [0.25, 0.3) is 0 Å². The molecule has 0 spiro atoms. The molecular formula is C14H13ClFN. The van der Waals surface area contributed by atoms with Crippen molar-refractivity contribution in [2.45, 2.75) is 13.0 Å². The van der Waals surface area contributed by atoms with Crippen molar-refractivity contribution in [2.75, 3.05) is 0 Å². The highest BCUT2D eigenvalue weighted by molar-refractivity contribution is 6.30. The molecule has 0 saturated carbocycles. The Morgan fingerprint density at radius 3 is 2.59 bits per heavy atom. The summed E-state index contributed by atoms with van der Waals surface area (Å²) in [6.45, 7) is 1.98. The van der Waals surface area contributed by atoms with Gasteiger partial charge >= 0.3 is 0 Å². The lowest BCUT2D eigenvalue weighted by molar-refractivity contribution is 0.600. The van der Waals surface area contributed by atoms with Gasteiger partial charge in [0, 0.05) is 10.6 Å². The molecule has 0 aromatic heterocycles. The van der Waals surface area contributed by atoms with E-state index in [-0.39, 0.29) is 5.82 Å². The average molecular weight is 250 g/mol. The first-order valence-electron chi connectivity index (χ1n) is 5.35. The summed E-state index contributed by atoms with van der Waals surface area (Å²) in [4.78, 5) is 0. The van der Waals surface area contributed by atoms with Crippen LogP contribution in [0.25, 0.3) is 0 Å². The summed E-state index contributed by atoms with van der Waals surface area (Å²) in [5, 5.41) is 0.377. The van der Waals surface area contributed by atoms with E-state index in [2.05, 4.69) is 0 Å². The maximum absolute atomic E-state index is 13.7. The molecule has 0 aliphatic carbocycles. The highest BCUT2D eigenvalue weighted by atomic mass is 35.5. The van der Waals surface area contributed by atoms with Crippen LogP contribution >= 0.6 is 11.6 Å². The number of nitrogens with two attached hydrogens (primary N) is 1. The highest BCUT2D eigenvalue weighted by Crippen LogP contribution is 2.24. The molecule has 1 nitrogen and oxygen atoms in total. The van der Waals surface area contributed by atoms with Gasteiger partial charge in [0.2, 0.25) is 0 Å². The van der Waals surface area contributed by atoms with Gasteiger partial charge in [0.05, 0.1) is 6.04 Å². The molecule has 17 heavy (non-hydrogen) atoms. The smallest absolute Gasteiger partial charge is 0.129 e. The molecule has 1 atom stereocenters. The largest absolute Gasteiger partial charge is 0.320 e. The Bertz CT molecular complexity index is 539. The van der Waals surface area contributed by atoms with Crippen LogP contribution in [0.3, 0.4) is 0 Å². The minimum atomic E-state index is -0.466. The van der Waals surface area contributed by atoms with Crippen LogP contribution in [0.15, 0.2) is 42.5 Å². The van der Waals surface area contributed by atoms with Crippen LogP contribution < -0.4 is 5.73 Å². The van der Waals surface area contributed by atoms with E-state index >= 15 is 0 Å². The third-order valence-electron chi connectivity index (χ3n) is 2.70. The molecule has 2 N–H and O–H groups in total. The molecule has 0 fully saturated rings. The van der Waals surface area contributed by atoms with E-state index in [0.29, 0.717) is 10.6 Å². The fraction of sp³-hybridized carbons (Fsp3) is 0.143. The van der Waals surface area contributed by atoms with Crippen molar-refractivity contribution >= 4 is 11.6 Å². The Balaban J connectivity index is 2.40. The predicted octanol–water partition coefficient (Wildman–Crippen LogP) is 3.84. The van der Waals surface area contributed by atoms with Crippen molar-refractivity contribution in [3.05, 3.63) is 70.0 Å². The van der Waals surface area contributed by atoms with Crippen LogP contribution in [0.4, 0.5) is 4.39 Å². The standard InChI is InChI=1S/C14H13ClFN/c1-9-3-2-4-10(7-9)14(17)12-6-5-11(15)8-13(12)16/h2-8,14H,17H2,1H3. The van der Waals surface area contributed by atoms with Crippen molar-refractivity contribution in [1.29, 1.82) is 0 Å². The van der Waals surface area contributed by atoms with E-state index in [1.54, 1.807) is 12.1 Å². The lowest BCUT2D eigenvalue weighted by atomic mass is 9.98. The molecule has 0 saturated heterocycles. The van der Waals surface area contributed by atoms with E-state index in [0.717, 1.165) is 11.1 Å². The first kappa shape index (κ1) is 12.1. The quantitative estimate of drug-likeness (QED) is 0.860. The van der Waals surface area contributed by atoms with Gasteiger partial charge in [-0.25, -0.2) is 4.39 Å². The van der Waals surface area contributed by atoms with Crippen molar-refractivity contribution in [3.63, 3.8) is 0 Å². The molecule has 0 amide bonds. The molecule has 1 unspecified atom stereocenters. The number of hydrogen-bond donors (Lipinski definition) is 1. The fourth-order valence-electron chi connectivity index (χ4n) is 1.80. The van der Waals surface area contributed by atoms with Crippen LogP contribution in [0.5, 0.6) is 0 Å². The van der Waals surface area contributed by atoms with Gasteiger partial charge in [-0.2, -0.15) is 0 Å². The predicted molar refractivity (Wildman–Crippen MR) is 68.6 cm³/mol. The number of halogens is 2. The minimum absolute atomic E-state index is 0.369. The topological polar surface area (TPSA) is 26.0 Å². The number of hydrogen-bond acceptors (Lipinski definition) is 1. The van der Waals surface area contributed by atoms with Crippen LogP contribution in [-0.2, 0) is 0 Å². The van der Waals surface area contributed by atoms with Gasteiger partial charge < -0.3 is 5.73 Å². The normalized spacial score (nSPS) is 12.5. The Morgan fingerprint density at radius 2 is 1.94 bits per heavy atom. The van der Waals surface area contributed by atoms with Crippen molar-refractivity contribution < 1.29 is 4.39 Å². The number of aryl methyl sites for hydroxylation is 1. The summed E-state index contributed by atoms with van der Waals surface area (Å²) in [6, 6.07) is 11.8. The number of rotatable bonds is 2. The Labute approximate surface area is 105 Å². The van der Waals surface area contributed by atoms with Gasteiger partial charge in [-0.3, -0.25) is 0 Å². The monoisotopic (exact) mass is 249 g/mol. The lowest BCUT2D eigenvalue weighted by Crippen LogP contribution is -2.13. The maximum atomic E-state index is 13.7. The van der Waals surface area contributed by atoms with Gasteiger partial charge in [-0.15, -0.1) is 0 Å². The third kappa shape index (κ3) is 2.65. The Kier molecular flexibility index (Phi) is 3.46. The van der Waals surface area contributed by atoms with Gasteiger partial charge in [0.1, 0.15) is 5.82 Å². The second-order valence-corrected chi connectivity index (χ2v) is 4.49. The van der Waals surface area contributed by atoms with Crippen molar-refractivity contribution in [1.82, 2.24) is 0 Å². The van der Waals surface area contributed by atoms with Gasteiger partial charge in [0.15, 0.2) is 0 Å². The third-order valence-corrected chi connectivity index (χ3v) is 2.93. The zero-order chi connectivity index (χ0) is 12.4. The molecule has 88 valence electrons. The second kappa shape index (κ2) is 4.86. The molecule has 0 aliphatic rings. The molecule has 0 aliphatic heterocycles. The molecular weight excluding hydrogens is 237 g/mol. The van der Waals surface area contributed by atoms with E-state index in [1.165, 1.54) is 6.07 Å². The van der Waals surface area contributed by atoms with Crippen LogP contribution in [0.1, 0.15) is 22.7 Å². The van der Waals surface area contributed by atoms with E-state index < -0.39 is 6.04 Å². The molecule has 3 heteroatoms. The summed E-state index contributed by atoms with van der Waals surface area (Å²) >= 11 is 5.71. The SMILES string of the molecule is Cc1cccc(C(N)c2ccc(Cl)cc2F)c1. The summed E-state index contributed by atoms with van der Waals surface area (Å²) in [7, 11) is 0. The van der Waals surface area contributed by atoms with Crippen LogP contribution in [0.2, 0.25) is 5.02 Å². The summed E-state index contributed by atoms with van der Waals surface area (Å²) in [5.74, 6) is -0.369. The summed E-state index contributed by atoms with van der Waals surface area (Å²) in [5.41, 5.74) is 8.51. The van der Waals surface area contributed by atoms with E-state index in [1.807, 2.05) is 31.2 Å². The molecule has 0 heterocycles. The van der Waals surface area contributed by atoms with Crippen molar-refractivity contribution in [2.24, 2.45) is 5.73 Å². The average Bonchev–Trinajstić information content (AvgIpc) is 2.28. The van der Waals surface area contributed by atoms with Crippen LogP contribution in [-0.4, -0.2) is 0 Å². The minimum Gasteiger partial charge on any atom is -0.320 e. The zero-order valence-electron chi connectivity index (χ0n) is 9.45. The zero-order valence-corrected chi connectivity index (χ0v) is 10.2. The molecule has 0 radical (unpaired) electrons. The van der Waals surface area contributed by atoms with Gasteiger partial charge in [-0.1, -0.05) is 47.5 Å². The summed E-state index contributed by atoms with van der Waals surface area (Å²) < 4.78 is 13.7. The Hall–Kier alpha value is -1.38. The van der Waals surface area contributed by atoms with Crippen molar-refractivity contribution in [3.8, 4) is 0 Å². The van der Waals surface area contributed by atoms with E-state index in [4.69, 9.17) is 17.3 Å². The molecule has 2 rings (SSSR count). The first-order chi connectivity index (χ1) is 8.08. The Morgan fingerprint density at radius 1 is 1.18 bits per heavy atom. The van der Waals surface area contributed by atoms with Gasteiger partial charge in [-0.05, 0) is 24.6 Å². The first-order valence-corrected chi connectivity index (χ1v) is 5.73. The van der Waals surface area contributed by atoms with E-state index in [9.17, 15) is 4.39 Å². The maximum Gasteiger partial charge on any atom is 0.129 e. The number of benzene rings is 2. The highest BCUT2D eigenvalue weighted by Gasteiger charge is 2.13. The van der Waals surface area contributed by atoms with Crippen LogP contribution in [0, 0.1) is 12.7 Å². The molecule has 0 bridgehead atoms. The lowest BCUT2D eigenvalue weighted by Gasteiger charge is -2.14. The summed E-state index contributed by atoms with van der Waals surface area (Å²) in [6.07, 6.45) is 0. The fourth-order valence-corrected chi connectivity index (χ4v) is 1.96. The molecule has 2 aromatic carbocycles. The second-order valence-electron chi connectivity index (χ2n) is 4.06.